The minimum atomic E-state index is 0. The van der Waals surface area contributed by atoms with Crippen molar-refractivity contribution in [3.05, 3.63) is 0 Å². The number of halogens is 1. The third kappa shape index (κ3) is 2.87. The summed E-state index contributed by atoms with van der Waals surface area (Å²) in [5.41, 5.74) is 0. The maximum atomic E-state index is 2.44. The molecule has 0 radical (unpaired) electrons. The van der Waals surface area contributed by atoms with Crippen LogP contribution in [0.15, 0.2) is 0 Å². The summed E-state index contributed by atoms with van der Waals surface area (Å²) in [5, 5.41) is 2.44. The second-order valence-electron chi connectivity index (χ2n) is 2.56. The molecule has 0 heterocycles. The van der Waals surface area contributed by atoms with E-state index in [2.05, 4.69) is 5.05 Å². The van der Waals surface area contributed by atoms with Crippen molar-refractivity contribution in [1.82, 2.24) is 0 Å². The van der Waals surface area contributed by atoms with Gasteiger partial charge in [0.05, 0.1) is 0 Å². The van der Waals surface area contributed by atoms with Gasteiger partial charge in [-0.15, -0.1) is 28.0 Å². The fraction of sp³-hybridized carbons (Fsp3) is 1.00. The average molecular weight is 236 g/mol. The van der Waals surface area contributed by atoms with Crippen LogP contribution in [0.25, 0.3) is 0 Å². The molecule has 0 aromatic carbocycles. The Balaban J connectivity index is 0.000000490. The molecule has 0 aliphatic heterocycles. The lowest BCUT2D eigenvalue weighted by Crippen LogP contribution is -1.90. The molecule has 1 aliphatic carbocycles. The van der Waals surface area contributed by atoms with Gasteiger partial charge in [-0.3, -0.25) is 0 Å². The first-order valence-corrected chi connectivity index (χ1v) is 5.66. The molecule has 0 atom stereocenters. The van der Waals surface area contributed by atoms with Crippen molar-refractivity contribution in [2.24, 2.45) is 0 Å². The lowest BCUT2D eigenvalue weighted by Gasteiger charge is -1.97. The molecule has 1 aliphatic rings. The van der Waals surface area contributed by atoms with Crippen molar-refractivity contribution < 1.29 is 0 Å². The van der Waals surface area contributed by atoms with Gasteiger partial charge in [0.2, 0.25) is 0 Å². The molecule has 0 nitrogen and oxygen atoms in total. The van der Waals surface area contributed by atoms with Gasteiger partial charge in [0.1, 0.15) is 0 Å². The summed E-state index contributed by atoms with van der Waals surface area (Å²) in [4.78, 5) is 0. The van der Waals surface area contributed by atoms with Gasteiger partial charge < -0.3 is 0 Å². The Hall–Kier alpha value is 1.50. The van der Waals surface area contributed by atoms with Crippen LogP contribution in [0.2, 0.25) is 9.10 Å². The van der Waals surface area contributed by atoms with E-state index >= 15 is 0 Å². The molecule has 0 spiro atoms. The van der Waals surface area contributed by atoms with E-state index in [-0.39, 0.29) is 24.0 Å². The van der Waals surface area contributed by atoms with E-state index in [4.69, 9.17) is 0 Å². The normalized spacial score (nSPS) is 19.6. The van der Waals surface area contributed by atoms with Crippen LogP contribution in [0.3, 0.4) is 0 Å². The quantitative estimate of drug-likeness (QED) is 0.485. The molecule has 0 unspecified atom stereocenters. The van der Waals surface area contributed by atoms with Crippen LogP contribution in [0.1, 0.15) is 25.7 Å². The minimum Gasteiger partial charge on any atom is -0.157 e. The van der Waals surface area contributed by atoms with Crippen LogP contribution < -0.4 is 0 Å². The molecule has 1 rings (SSSR count). The fourth-order valence-corrected chi connectivity index (χ4v) is 2.81. The molecular weight excluding hydrogens is 223 g/mol. The Bertz CT molecular complexity index is 50.5. The molecule has 1 fully saturated rings. The van der Waals surface area contributed by atoms with E-state index in [1.807, 2.05) is 0 Å². The van der Waals surface area contributed by atoms with Crippen molar-refractivity contribution in [1.29, 1.82) is 0 Å². The molecular formula is C6H13IMg. The highest BCUT2D eigenvalue weighted by Crippen LogP contribution is 2.28. The number of hydrogen-bond acceptors (Lipinski definition) is 0. The van der Waals surface area contributed by atoms with Crippen molar-refractivity contribution >= 4 is 44.3 Å². The summed E-state index contributed by atoms with van der Waals surface area (Å²) in [5.74, 6) is 0. The average Bonchev–Trinajstić information content (AvgIpc) is 2.14. The molecule has 2 heteroatoms. The van der Waals surface area contributed by atoms with Gasteiger partial charge in [0.25, 0.3) is 0 Å². The summed E-state index contributed by atoms with van der Waals surface area (Å²) < 4.78 is 1.24. The van der Waals surface area contributed by atoms with Crippen LogP contribution in [0.4, 0.5) is 0 Å². The SMILES string of the molecule is I.[CH3][Mg][CH]1CCCC1. The third-order valence-electron chi connectivity index (χ3n) is 2.05. The molecule has 0 amide bonds. The highest BCUT2D eigenvalue weighted by atomic mass is 127. The van der Waals surface area contributed by atoms with Crippen LogP contribution >= 0.6 is 24.0 Å². The van der Waals surface area contributed by atoms with E-state index in [0.29, 0.717) is 20.4 Å². The molecule has 8 heavy (non-hydrogen) atoms. The van der Waals surface area contributed by atoms with Crippen molar-refractivity contribution in [2.75, 3.05) is 0 Å². The number of rotatable bonds is 1. The summed E-state index contributed by atoms with van der Waals surface area (Å²) in [7, 11) is 0. The van der Waals surface area contributed by atoms with Gasteiger partial charge in [-0.1, -0.05) is 25.7 Å². The zero-order valence-electron chi connectivity index (χ0n) is 5.52. The second kappa shape index (κ2) is 5.29. The van der Waals surface area contributed by atoms with Gasteiger partial charge in [-0.05, 0) is 0 Å². The topological polar surface area (TPSA) is 0 Å². The second-order valence-corrected chi connectivity index (χ2v) is 4.53. The lowest BCUT2D eigenvalue weighted by molar-refractivity contribution is 0.869. The van der Waals surface area contributed by atoms with Crippen LogP contribution in [0, 0.1) is 0 Å². The molecule has 0 aromatic rings. The van der Waals surface area contributed by atoms with Gasteiger partial charge in [0, 0.05) is 0 Å². The van der Waals surface area contributed by atoms with E-state index in [0.717, 1.165) is 0 Å². The standard InChI is InChI=1S/C5H9.CH3.HI.Mg/c1-2-4-5-3-1;;;/h1H,2-5H2;1H3;1H;. The monoisotopic (exact) mass is 236 g/mol. The van der Waals surface area contributed by atoms with Crippen LogP contribution in [-0.4, -0.2) is 20.4 Å². The Labute approximate surface area is 78.5 Å². The summed E-state index contributed by atoms with van der Waals surface area (Å²) in [6.07, 6.45) is 6.21. The highest BCUT2D eigenvalue weighted by Gasteiger charge is 2.12. The zero-order valence-corrected chi connectivity index (χ0v) is 9.27. The minimum absolute atomic E-state index is 0. The lowest BCUT2D eigenvalue weighted by atomic mass is 10.4. The zero-order chi connectivity index (χ0) is 5.11. The summed E-state index contributed by atoms with van der Waals surface area (Å²) in [6.45, 7) is 0. The summed E-state index contributed by atoms with van der Waals surface area (Å²) >= 11 is 0.390. The smallest absolute Gasteiger partial charge is 0.157 e. The van der Waals surface area contributed by atoms with E-state index in [1.54, 1.807) is 12.8 Å². The Morgan fingerprint density at radius 3 is 2.00 bits per heavy atom. The summed E-state index contributed by atoms with van der Waals surface area (Å²) in [6, 6.07) is 0. The van der Waals surface area contributed by atoms with Gasteiger partial charge in [-0.2, -0.15) is 5.05 Å². The predicted octanol–water partition coefficient (Wildman–Crippen LogP) is 2.72. The largest absolute Gasteiger partial charge is 0.364 e. The van der Waals surface area contributed by atoms with Crippen molar-refractivity contribution in [2.45, 2.75) is 34.8 Å². The van der Waals surface area contributed by atoms with Gasteiger partial charge >= 0.3 is 20.4 Å². The van der Waals surface area contributed by atoms with Crippen molar-refractivity contribution in [3.8, 4) is 0 Å². The van der Waals surface area contributed by atoms with Crippen LogP contribution in [-0.2, 0) is 0 Å². The fourth-order valence-electron chi connectivity index (χ4n) is 1.42. The molecule has 1 saturated carbocycles. The molecule has 0 aromatic heterocycles. The maximum absolute atomic E-state index is 2.44. The Morgan fingerprint density at radius 2 is 1.75 bits per heavy atom. The third-order valence-corrected chi connectivity index (χ3v) is 4.02. The van der Waals surface area contributed by atoms with E-state index in [9.17, 15) is 0 Å². The molecule has 0 N–H and O–H groups in total. The molecule has 46 valence electrons. The first kappa shape index (κ1) is 9.50. The van der Waals surface area contributed by atoms with Gasteiger partial charge in [-0.25, -0.2) is 0 Å². The van der Waals surface area contributed by atoms with Gasteiger partial charge in [0.15, 0.2) is 0 Å². The Kier molecular flexibility index (Phi) is 6.28. The van der Waals surface area contributed by atoms with Crippen LogP contribution in [0.5, 0.6) is 0 Å². The maximum Gasteiger partial charge on any atom is 0.364 e. The first-order valence-electron chi connectivity index (χ1n) is 3.43. The van der Waals surface area contributed by atoms with E-state index < -0.39 is 0 Å². The number of hydrogen-bond donors (Lipinski definition) is 0. The first-order chi connectivity index (χ1) is 3.43. The molecule has 0 bridgehead atoms. The van der Waals surface area contributed by atoms with E-state index in [1.165, 1.54) is 16.9 Å². The predicted molar refractivity (Wildman–Crippen MR) is 49.3 cm³/mol. The highest BCUT2D eigenvalue weighted by molar-refractivity contribution is 14.0. The van der Waals surface area contributed by atoms with Crippen molar-refractivity contribution in [3.63, 3.8) is 0 Å². The Morgan fingerprint density at radius 1 is 1.25 bits per heavy atom. The molecule has 0 saturated heterocycles.